The SMILES string of the molecule is CCNC(=NCc1ncnn1C)NCC(c1ccccc1OC)N1CCCCC1. The van der Waals surface area contributed by atoms with Crippen molar-refractivity contribution < 1.29 is 4.74 Å². The monoisotopic (exact) mass is 399 g/mol. The zero-order valence-corrected chi connectivity index (χ0v) is 17.8. The lowest BCUT2D eigenvalue weighted by Gasteiger charge is -2.35. The van der Waals surface area contributed by atoms with Crippen molar-refractivity contribution in [2.75, 3.05) is 33.3 Å². The molecule has 1 aliphatic heterocycles. The Morgan fingerprint density at radius 3 is 2.69 bits per heavy atom. The van der Waals surface area contributed by atoms with Gasteiger partial charge in [-0.05, 0) is 38.9 Å². The average Bonchev–Trinajstić information content (AvgIpc) is 3.18. The van der Waals surface area contributed by atoms with Crippen molar-refractivity contribution in [3.8, 4) is 5.75 Å². The number of guanidine groups is 1. The van der Waals surface area contributed by atoms with Crippen molar-refractivity contribution in [1.82, 2.24) is 30.3 Å². The minimum Gasteiger partial charge on any atom is -0.496 e. The van der Waals surface area contributed by atoms with Gasteiger partial charge in [0.1, 0.15) is 24.4 Å². The number of nitrogens with zero attached hydrogens (tertiary/aromatic N) is 5. The number of nitrogens with one attached hydrogen (secondary N) is 2. The molecule has 2 heterocycles. The Morgan fingerprint density at radius 2 is 2.00 bits per heavy atom. The fourth-order valence-corrected chi connectivity index (χ4v) is 3.76. The molecule has 8 nitrogen and oxygen atoms in total. The Bertz CT molecular complexity index is 783. The quantitative estimate of drug-likeness (QED) is 0.523. The van der Waals surface area contributed by atoms with E-state index in [4.69, 9.17) is 9.73 Å². The van der Waals surface area contributed by atoms with E-state index in [1.807, 2.05) is 19.2 Å². The number of ether oxygens (including phenoxy) is 1. The van der Waals surface area contributed by atoms with Crippen LogP contribution in [0.5, 0.6) is 5.75 Å². The van der Waals surface area contributed by atoms with Gasteiger partial charge in [-0.1, -0.05) is 24.6 Å². The minimum absolute atomic E-state index is 0.227. The number of rotatable bonds is 8. The summed E-state index contributed by atoms with van der Waals surface area (Å²) >= 11 is 0. The van der Waals surface area contributed by atoms with Crippen LogP contribution < -0.4 is 15.4 Å². The molecule has 1 atom stereocenters. The predicted molar refractivity (Wildman–Crippen MR) is 115 cm³/mol. The normalized spacial score (nSPS) is 16.4. The highest BCUT2D eigenvalue weighted by atomic mass is 16.5. The molecule has 0 spiro atoms. The number of piperidine rings is 1. The largest absolute Gasteiger partial charge is 0.496 e. The molecule has 1 aliphatic rings. The van der Waals surface area contributed by atoms with Gasteiger partial charge in [-0.25, -0.2) is 9.98 Å². The predicted octanol–water partition coefficient (Wildman–Crippen LogP) is 2.11. The minimum atomic E-state index is 0.227. The number of para-hydroxylation sites is 1. The molecule has 8 heteroatoms. The van der Waals surface area contributed by atoms with Crippen LogP contribution in [0.1, 0.15) is 43.6 Å². The molecule has 29 heavy (non-hydrogen) atoms. The molecule has 2 aromatic rings. The molecular formula is C21H33N7O. The summed E-state index contributed by atoms with van der Waals surface area (Å²) < 4.78 is 7.41. The van der Waals surface area contributed by atoms with E-state index in [9.17, 15) is 0 Å². The molecule has 2 N–H and O–H groups in total. The van der Waals surface area contributed by atoms with Crippen LogP contribution in [0.4, 0.5) is 0 Å². The summed E-state index contributed by atoms with van der Waals surface area (Å²) in [5, 5.41) is 11.0. The highest BCUT2D eigenvalue weighted by molar-refractivity contribution is 5.79. The first kappa shape index (κ1) is 21.1. The van der Waals surface area contributed by atoms with Gasteiger partial charge in [0.25, 0.3) is 0 Å². The molecule has 1 aromatic heterocycles. The van der Waals surface area contributed by atoms with Crippen LogP contribution in [0.25, 0.3) is 0 Å². The third kappa shape index (κ3) is 5.69. The third-order valence-electron chi connectivity index (χ3n) is 5.32. The van der Waals surface area contributed by atoms with Crippen LogP contribution in [0, 0.1) is 0 Å². The molecule has 1 aromatic carbocycles. The van der Waals surface area contributed by atoms with Crippen molar-refractivity contribution in [1.29, 1.82) is 0 Å². The number of aromatic nitrogens is 3. The number of benzene rings is 1. The maximum Gasteiger partial charge on any atom is 0.191 e. The zero-order chi connectivity index (χ0) is 20.5. The van der Waals surface area contributed by atoms with E-state index in [2.05, 4.69) is 44.7 Å². The number of likely N-dealkylation sites (tertiary alicyclic amines) is 1. The van der Waals surface area contributed by atoms with Crippen molar-refractivity contribution >= 4 is 5.96 Å². The lowest BCUT2D eigenvalue weighted by Crippen LogP contribution is -2.44. The van der Waals surface area contributed by atoms with Crippen LogP contribution in [-0.2, 0) is 13.6 Å². The number of methoxy groups -OCH3 is 1. The Labute approximate surface area is 173 Å². The lowest BCUT2D eigenvalue weighted by atomic mass is 10.0. The van der Waals surface area contributed by atoms with E-state index in [1.165, 1.54) is 24.8 Å². The van der Waals surface area contributed by atoms with E-state index in [0.717, 1.165) is 43.7 Å². The summed E-state index contributed by atoms with van der Waals surface area (Å²) in [5.74, 6) is 2.55. The van der Waals surface area contributed by atoms with Gasteiger partial charge in [-0.3, -0.25) is 9.58 Å². The third-order valence-corrected chi connectivity index (χ3v) is 5.32. The molecule has 1 fully saturated rings. The first-order valence-corrected chi connectivity index (χ1v) is 10.4. The van der Waals surface area contributed by atoms with E-state index in [-0.39, 0.29) is 6.04 Å². The molecular weight excluding hydrogens is 366 g/mol. The van der Waals surface area contributed by atoms with E-state index in [0.29, 0.717) is 6.54 Å². The van der Waals surface area contributed by atoms with E-state index < -0.39 is 0 Å². The first-order valence-electron chi connectivity index (χ1n) is 10.4. The van der Waals surface area contributed by atoms with E-state index >= 15 is 0 Å². The fourth-order valence-electron chi connectivity index (χ4n) is 3.76. The summed E-state index contributed by atoms with van der Waals surface area (Å²) in [4.78, 5) is 11.5. The van der Waals surface area contributed by atoms with Gasteiger partial charge < -0.3 is 15.4 Å². The Morgan fingerprint density at radius 1 is 1.21 bits per heavy atom. The van der Waals surface area contributed by atoms with Crippen LogP contribution in [0.2, 0.25) is 0 Å². The van der Waals surface area contributed by atoms with Gasteiger partial charge in [0.15, 0.2) is 5.96 Å². The summed E-state index contributed by atoms with van der Waals surface area (Å²) in [6.45, 7) is 6.32. The Balaban J connectivity index is 1.75. The molecule has 0 aliphatic carbocycles. The van der Waals surface area contributed by atoms with E-state index in [1.54, 1.807) is 18.1 Å². The molecule has 1 saturated heterocycles. The lowest BCUT2D eigenvalue weighted by molar-refractivity contribution is 0.161. The summed E-state index contributed by atoms with van der Waals surface area (Å²) in [6.07, 6.45) is 5.35. The maximum absolute atomic E-state index is 5.66. The van der Waals surface area contributed by atoms with Crippen molar-refractivity contribution in [2.45, 2.75) is 38.8 Å². The average molecular weight is 400 g/mol. The smallest absolute Gasteiger partial charge is 0.191 e. The Hall–Kier alpha value is -2.61. The summed E-state index contributed by atoms with van der Waals surface area (Å²) in [6, 6.07) is 8.55. The van der Waals surface area contributed by atoms with Gasteiger partial charge in [-0.15, -0.1) is 0 Å². The first-order chi connectivity index (χ1) is 14.2. The molecule has 0 radical (unpaired) electrons. The fraction of sp³-hybridized carbons (Fsp3) is 0.571. The molecule has 3 rings (SSSR count). The van der Waals surface area contributed by atoms with Gasteiger partial charge in [0.2, 0.25) is 0 Å². The van der Waals surface area contributed by atoms with Crippen LogP contribution in [0.3, 0.4) is 0 Å². The maximum atomic E-state index is 5.66. The van der Waals surface area contributed by atoms with Crippen LogP contribution >= 0.6 is 0 Å². The van der Waals surface area contributed by atoms with Crippen molar-refractivity contribution in [3.63, 3.8) is 0 Å². The number of aryl methyl sites for hydroxylation is 1. The summed E-state index contributed by atoms with van der Waals surface area (Å²) in [5.41, 5.74) is 1.22. The van der Waals surface area contributed by atoms with Crippen molar-refractivity contribution in [2.24, 2.45) is 12.0 Å². The zero-order valence-electron chi connectivity index (χ0n) is 17.8. The van der Waals surface area contributed by atoms with Crippen molar-refractivity contribution in [3.05, 3.63) is 42.0 Å². The van der Waals surface area contributed by atoms with Crippen LogP contribution in [0.15, 0.2) is 35.6 Å². The topological polar surface area (TPSA) is 79.6 Å². The number of aliphatic imine (C=N–C) groups is 1. The molecule has 0 bridgehead atoms. The molecule has 158 valence electrons. The highest BCUT2D eigenvalue weighted by Gasteiger charge is 2.25. The standard InChI is InChI=1S/C21H33N7O/c1-4-22-21(24-15-20-25-16-26-27(20)2)23-14-18(28-12-8-5-9-13-28)17-10-6-7-11-19(17)29-3/h6-7,10-11,16,18H,4-5,8-9,12-15H2,1-3H3,(H2,22,23,24). The van der Waals surface area contributed by atoms with Gasteiger partial charge in [0, 0.05) is 25.7 Å². The van der Waals surface area contributed by atoms with Gasteiger partial charge in [-0.2, -0.15) is 5.10 Å². The second kappa shape index (κ2) is 10.8. The summed E-state index contributed by atoms with van der Waals surface area (Å²) in [7, 11) is 3.62. The second-order valence-electron chi connectivity index (χ2n) is 7.23. The van der Waals surface area contributed by atoms with Gasteiger partial charge in [0.05, 0.1) is 13.2 Å². The molecule has 1 unspecified atom stereocenters. The highest BCUT2D eigenvalue weighted by Crippen LogP contribution is 2.30. The molecule has 0 saturated carbocycles. The van der Waals surface area contributed by atoms with Gasteiger partial charge >= 0.3 is 0 Å². The second-order valence-corrected chi connectivity index (χ2v) is 7.23. The number of hydrogen-bond donors (Lipinski definition) is 2. The molecule has 0 amide bonds. The number of hydrogen-bond acceptors (Lipinski definition) is 5. The van der Waals surface area contributed by atoms with Crippen LogP contribution in [-0.4, -0.2) is 58.9 Å². The Kier molecular flexibility index (Phi) is 7.86.